The van der Waals surface area contributed by atoms with Crippen molar-refractivity contribution in [2.45, 2.75) is 32.9 Å². The molecule has 0 unspecified atom stereocenters. The first-order valence-electron chi connectivity index (χ1n) is 7.91. The van der Waals surface area contributed by atoms with E-state index in [9.17, 15) is 9.59 Å². The average molecular weight is 325 g/mol. The Morgan fingerprint density at radius 2 is 1.71 bits per heavy atom. The molecule has 5 heteroatoms. The Bertz CT molecular complexity index is 727. The molecule has 24 heavy (non-hydrogen) atoms. The summed E-state index contributed by atoms with van der Waals surface area (Å²) in [5.41, 5.74) is 8.50. The number of primary amides is 1. The second-order valence-electron chi connectivity index (χ2n) is 6.05. The molecule has 4 N–H and O–H groups in total. The highest BCUT2D eigenvalue weighted by Gasteiger charge is 2.18. The standard InChI is InChI=1S/C19H23N3O2/c1-12(2)21-19(24)16-10-9-15(11-13(16)3)22-17(18(20)23)14-7-5-4-6-8-14/h4-12,17,22H,1-3H3,(H2,20,23)(H,21,24)/t17-/m1/s1. The first-order chi connectivity index (χ1) is 11.4. The minimum Gasteiger partial charge on any atom is -0.370 e. The van der Waals surface area contributed by atoms with Crippen LogP contribution in [0.4, 0.5) is 5.69 Å². The van der Waals surface area contributed by atoms with Gasteiger partial charge >= 0.3 is 0 Å². The summed E-state index contributed by atoms with van der Waals surface area (Å²) in [5, 5.41) is 6.01. The van der Waals surface area contributed by atoms with E-state index in [0.29, 0.717) is 5.56 Å². The van der Waals surface area contributed by atoms with E-state index < -0.39 is 11.9 Å². The Morgan fingerprint density at radius 3 is 2.25 bits per heavy atom. The zero-order valence-electron chi connectivity index (χ0n) is 14.2. The first kappa shape index (κ1) is 17.5. The number of nitrogens with one attached hydrogen (secondary N) is 2. The van der Waals surface area contributed by atoms with Gasteiger partial charge in [-0.15, -0.1) is 0 Å². The molecule has 0 saturated heterocycles. The zero-order valence-corrected chi connectivity index (χ0v) is 14.2. The summed E-state index contributed by atoms with van der Waals surface area (Å²) in [7, 11) is 0. The SMILES string of the molecule is Cc1cc(N[C@@H](C(N)=O)c2ccccc2)ccc1C(=O)NC(C)C. The third kappa shape index (κ3) is 4.35. The molecule has 0 spiro atoms. The lowest BCUT2D eigenvalue weighted by Gasteiger charge is -2.18. The highest BCUT2D eigenvalue weighted by atomic mass is 16.2. The molecule has 2 aromatic rings. The lowest BCUT2D eigenvalue weighted by molar-refractivity contribution is -0.118. The average Bonchev–Trinajstić information content (AvgIpc) is 2.52. The number of carbonyl (C=O) groups is 2. The van der Waals surface area contributed by atoms with E-state index >= 15 is 0 Å². The molecule has 0 radical (unpaired) electrons. The monoisotopic (exact) mass is 325 g/mol. The highest BCUT2D eigenvalue weighted by Crippen LogP contribution is 2.22. The van der Waals surface area contributed by atoms with Crippen LogP contribution in [0.25, 0.3) is 0 Å². The van der Waals surface area contributed by atoms with Crippen LogP contribution in [0.2, 0.25) is 0 Å². The fourth-order valence-electron chi connectivity index (χ4n) is 2.48. The van der Waals surface area contributed by atoms with Gasteiger partial charge in [0.25, 0.3) is 5.91 Å². The largest absolute Gasteiger partial charge is 0.370 e. The number of aryl methyl sites for hydroxylation is 1. The Balaban J connectivity index is 2.22. The van der Waals surface area contributed by atoms with Gasteiger partial charge in [-0.25, -0.2) is 0 Å². The van der Waals surface area contributed by atoms with Crippen molar-refractivity contribution in [3.05, 3.63) is 65.2 Å². The van der Waals surface area contributed by atoms with Gasteiger partial charge in [-0.3, -0.25) is 9.59 Å². The van der Waals surface area contributed by atoms with Gasteiger partial charge in [0.05, 0.1) is 0 Å². The fraction of sp³-hybridized carbons (Fsp3) is 0.263. The summed E-state index contributed by atoms with van der Waals surface area (Å²) < 4.78 is 0. The summed E-state index contributed by atoms with van der Waals surface area (Å²) in [6, 6.07) is 14.1. The molecule has 0 heterocycles. The molecule has 2 amide bonds. The Morgan fingerprint density at radius 1 is 1.04 bits per heavy atom. The van der Waals surface area contributed by atoms with E-state index in [4.69, 9.17) is 5.73 Å². The van der Waals surface area contributed by atoms with Gasteiger partial charge in [0.15, 0.2) is 0 Å². The molecule has 0 aliphatic carbocycles. The Labute approximate surface area is 142 Å². The normalized spacial score (nSPS) is 11.8. The molecular weight excluding hydrogens is 302 g/mol. The van der Waals surface area contributed by atoms with Crippen molar-refractivity contribution in [1.82, 2.24) is 5.32 Å². The van der Waals surface area contributed by atoms with Gasteiger partial charge < -0.3 is 16.4 Å². The maximum atomic E-state index is 12.1. The number of hydrogen-bond donors (Lipinski definition) is 3. The summed E-state index contributed by atoms with van der Waals surface area (Å²) in [6.45, 7) is 5.70. The maximum Gasteiger partial charge on any atom is 0.251 e. The second-order valence-corrected chi connectivity index (χ2v) is 6.05. The molecule has 0 aliphatic rings. The van der Waals surface area contributed by atoms with Crippen LogP contribution < -0.4 is 16.4 Å². The number of hydrogen-bond acceptors (Lipinski definition) is 3. The van der Waals surface area contributed by atoms with Crippen LogP contribution in [0.15, 0.2) is 48.5 Å². The van der Waals surface area contributed by atoms with E-state index in [0.717, 1.165) is 16.8 Å². The van der Waals surface area contributed by atoms with Gasteiger partial charge in [0.2, 0.25) is 5.91 Å². The smallest absolute Gasteiger partial charge is 0.251 e. The molecular formula is C19H23N3O2. The second kappa shape index (κ2) is 7.64. The highest BCUT2D eigenvalue weighted by molar-refractivity contribution is 5.96. The van der Waals surface area contributed by atoms with Crippen molar-refractivity contribution in [1.29, 1.82) is 0 Å². The zero-order chi connectivity index (χ0) is 17.7. The molecule has 2 aromatic carbocycles. The van der Waals surface area contributed by atoms with Crippen LogP contribution in [0.5, 0.6) is 0 Å². The van der Waals surface area contributed by atoms with E-state index in [1.165, 1.54) is 0 Å². The van der Waals surface area contributed by atoms with Crippen molar-refractivity contribution >= 4 is 17.5 Å². The van der Waals surface area contributed by atoms with Crippen LogP contribution in [-0.4, -0.2) is 17.9 Å². The van der Waals surface area contributed by atoms with Crippen molar-refractivity contribution in [3.8, 4) is 0 Å². The van der Waals surface area contributed by atoms with Gasteiger partial charge in [0.1, 0.15) is 6.04 Å². The first-order valence-corrected chi connectivity index (χ1v) is 7.91. The molecule has 1 atom stereocenters. The maximum absolute atomic E-state index is 12.1. The van der Waals surface area contributed by atoms with Crippen LogP contribution >= 0.6 is 0 Å². The summed E-state index contributed by atoms with van der Waals surface area (Å²) in [5.74, 6) is -0.566. The fourth-order valence-corrected chi connectivity index (χ4v) is 2.48. The minimum atomic E-state index is -0.624. The van der Waals surface area contributed by atoms with E-state index in [1.807, 2.05) is 57.2 Å². The predicted octanol–water partition coefficient (Wildman–Crippen LogP) is 2.77. The van der Waals surface area contributed by atoms with Gasteiger partial charge in [-0.2, -0.15) is 0 Å². The quantitative estimate of drug-likeness (QED) is 0.763. The third-order valence-corrected chi connectivity index (χ3v) is 3.62. The summed E-state index contributed by atoms with van der Waals surface area (Å²) in [6.07, 6.45) is 0. The van der Waals surface area contributed by atoms with E-state index in [-0.39, 0.29) is 11.9 Å². The molecule has 0 saturated carbocycles. The minimum absolute atomic E-state index is 0.0759. The topological polar surface area (TPSA) is 84.2 Å². The Hall–Kier alpha value is -2.82. The van der Waals surface area contributed by atoms with Crippen LogP contribution in [-0.2, 0) is 4.79 Å². The van der Waals surface area contributed by atoms with Gasteiger partial charge in [-0.1, -0.05) is 30.3 Å². The van der Waals surface area contributed by atoms with Crippen LogP contribution in [0.1, 0.15) is 41.4 Å². The summed E-state index contributed by atoms with van der Waals surface area (Å²) >= 11 is 0. The van der Waals surface area contributed by atoms with Crippen molar-refractivity contribution in [2.75, 3.05) is 5.32 Å². The molecule has 0 aliphatic heterocycles. The molecule has 5 nitrogen and oxygen atoms in total. The van der Waals surface area contributed by atoms with Gasteiger partial charge in [-0.05, 0) is 50.1 Å². The number of benzene rings is 2. The van der Waals surface area contributed by atoms with Crippen LogP contribution in [0.3, 0.4) is 0 Å². The summed E-state index contributed by atoms with van der Waals surface area (Å²) in [4.78, 5) is 23.9. The number of rotatable bonds is 6. The lowest BCUT2D eigenvalue weighted by atomic mass is 10.0. The van der Waals surface area contributed by atoms with E-state index in [2.05, 4.69) is 10.6 Å². The number of anilines is 1. The molecule has 0 fully saturated rings. The third-order valence-electron chi connectivity index (χ3n) is 3.62. The van der Waals surface area contributed by atoms with Crippen molar-refractivity contribution in [3.63, 3.8) is 0 Å². The molecule has 126 valence electrons. The van der Waals surface area contributed by atoms with Crippen LogP contribution in [0, 0.1) is 6.92 Å². The number of nitrogens with two attached hydrogens (primary N) is 1. The molecule has 2 rings (SSSR count). The van der Waals surface area contributed by atoms with E-state index in [1.54, 1.807) is 12.1 Å². The number of amides is 2. The van der Waals surface area contributed by atoms with Gasteiger partial charge in [0, 0.05) is 17.3 Å². The predicted molar refractivity (Wildman–Crippen MR) is 95.8 cm³/mol. The molecule has 0 aromatic heterocycles. The molecule has 0 bridgehead atoms. The van der Waals surface area contributed by atoms with Crippen molar-refractivity contribution < 1.29 is 9.59 Å². The lowest BCUT2D eigenvalue weighted by Crippen LogP contribution is -2.30. The van der Waals surface area contributed by atoms with Crippen molar-refractivity contribution in [2.24, 2.45) is 5.73 Å². The number of carbonyl (C=O) groups excluding carboxylic acids is 2. The Kier molecular flexibility index (Phi) is 5.58.